The molecular formula is C15H17Cl2NO5S. The van der Waals surface area contributed by atoms with Crippen molar-refractivity contribution >= 4 is 44.9 Å². The minimum absolute atomic E-state index is 0.0383. The van der Waals surface area contributed by atoms with Gasteiger partial charge in [0.1, 0.15) is 0 Å². The molecule has 1 aliphatic heterocycles. The molecule has 2 unspecified atom stereocenters. The van der Waals surface area contributed by atoms with Crippen LogP contribution in [0.5, 0.6) is 0 Å². The van der Waals surface area contributed by atoms with Gasteiger partial charge in [0.05, 0.1) is 21.6 Å². The first-order valence-electron chi connectivity index (χ1n) is 7.24. The Balaban J connectivity index is 2.17. The summed E-state index contributed by atoms with van der Waals surface area (Å²) in [5.41, 5.74) is -1.42. The van der Waals surface area contributed by atoms with Crippen molar-refractivity contribution in [1.29, 1.82) is 0 Å². The van der Waals surface area contributed by atoms with Crippen molar-refractivity contribution in [2.24, 2.45) is 5.92 Å². The number of halogens is 2. The highest BCUT2D eigenvalue weighted by Crippen LogP contribution is 2.30. The molecule has 1 aromatic rings. The van der Waals surface area contributed by atoms with Crippen LogP contribution in [-0.4, -0.2) is 36.9 Å². The van der Waals surface area contributed by atoms with Gasteiger partial charge >= 0.3 is 5.97 Å². The van der Waals surface area contributed by atoms with E-state index in [1.807, 2.05) is 0 Å². The van der Waals surface area contributed by atoms with Crippen molar-refractivity contribution in [3.05, 3.63) is 33.8 Å². The van der Waals surface area contributed by atoms with E-state index in [9.17, 15) is 23.1 Å². The first kappa shape index (κ1) is 19.0. The van der Waals surface area contributed by atoms with Crippen LogP contribution in [0, 0.1) is 5.92 Å². The van der Waals surface area contributed by atoms with Gasteiger partial charge in [-0.2, -0.15) is 0 Å². The smallest absolute Gasteiger partial charge is 0.333 e. The fourth-order valence-electron chi connectivity index (χ4n) is 2.68. The topological polar surface area (TPSA) is 101 Å². The molecule has 2 atom stereocenters. The molecule has 2 N–H and O–H groups in total. The Kier molecular flexibility index (Phi) is 5.47. The van der Waals surface area contributed by atoms with Gasteiger partial charge in [0.2, 0.25) is 5.91 Å². The molecule has 1 saturated heterocycles. The molecule has 132 valence electrons. The van der Waals surface area contributed by atoms with Crippen molar-refractivity contribution in [2.75, 3.05) is 11.5 Å². The Morgan fingerprint density at radius 1 is 1.33 bits per heavy atom. The number of carboxylic acid groups (broad SMARTS) is 1. The van der Waals surface area contributed by atoms with Crippen LogP contribution in [0.15, 0.2) is 18.2 Å². The number of benzene rings is 1. The molecule has 24 heavy (non-hydrogen) atoms. The van der Waals surface area contributed by atoms with Crippen LogP contribution in [-0.2, 0) is 25.0 Å². The number of aliphatic carboxylic acids is 1. The second kappa shape index (κ2) is 6.90. The van der Waals surface area contributed by atoms with Crippen LogP contribution in [0.2, 0.25) is 10.0 Å². The molecule has 1 heterocycles. The summed E-state index contributed by atoms with van der Waals surface area (Å²) < 4.78 is 22.9. The summed E-state index contributed by atoms with van der Waals surface area (Å²) in [5.74, 6) is -2.05. The zero-order chi connectivity index (χ0) is 18.1. The third-order valence-electron chi connectivity index (χ3n) is 4.11. The number of carbonyl (C=O) groups is 2. The Hall–Kier alpha value is -1.31. The minimum Gasteiger partial charge on any atom is -0.479 e. The van der Waals surface area contributed by atoms with Crippen LogP contribution < -0.4 is 5.32 Å². The van der Waals surface area contributed by atoms with E-state index in [0.29, 0.717) is 6.42 Å². The number of rotatable bonds is 5. The summed E-state index contributed by atoms with van der Waals surface area (Å²) in [4.78, 5) is 23.9. The maximum absolute atomic E-state index is 12.2. The Morgan fingerprint density at radius 2 is 2.00 bits per heavy atom. The standard InChI is InChI=1S/C15H17Cl2NO5S/c1-15(14(20)21,10-2-3-11(16)12(17)7-10)18-13(19)6-9-4-5-24(22,23)8-9/h2-3,7,9H,4-6,8H2,1H3,(H,18,19)(H,20,21). The summed E-state index contributed by atoms with van der Waals surface area (Å²) >= 11 is 11.8. The first-order chi connectivity index (χ1) is 11.0. The number of hydrogen-bond donors (Lipinski definition) is 2. The van der Waals surface area contributed by atoms with Crippen molar-refractivity contribution in [3.8, 4) is 0 Å². The quantitative estimate of drug-likeness (QED) is 0.798. The lowest BCUT2D eigenvalue weighted by atomic mass is 9.91. The van der Waals surface area contributed by atoms with Gasteiger partial charge < -0.3 is 10.4 Å². The SMILES string of the molecule is CC(NC(=O)CC1CCS(=O)(=O)C1)(C(=O)O)c1ccc(Cl)c(Cl)c1. The van der Waals surface area contributed by atoms with E-state index in [-0.39, 0.29) is 39.5 Å². The van der Waals surface area contributed by atoms with Crippen LogP contribution in [0.4, 0.5) is 0 Å². The van der Waals surface area contributed by atoms with Gasteiger partial charge in [0.25, 0.3) is 0 Å². The molecule has 0 spiro atoms. The Bertz CT molecular complexity index is 780. The van der Waals surface area contributed by atoms with Gasteiger partial charge in [-0.25, -0.2) is 13.2 Å². The summed E-state index contributed by atoms with van der Waals surface area (Å²) in [6.45, 7) is 1.35. The van der Waals surface area contributed by atoms with E-state index in [1.54, 1.807) is 0 Å². The predicted octanol–water partition coefficient (Wildman–Crippen LogP) is 2.23. The van der Waals surface area contributed by atoms with Crippen LogP contribution >= 0.6 is 23.2 Å². The van der Waals surface area contributed by atoms with Gasteiger partial charge in [-0.1, -0.05) is 29.3 Å². The van der Waals surface area contributed by atoms with Crippen LogP contribution in [0.1, 0.15) is 25.3 Å². The number of amides is 1. The highest BCUT2D eigenvalue weighted by atomic mass is 35.5. The molecule has 6 nitrogen and oxygen atoms in total. The number of carboxylic acids is 1. The van der Waals surface area contributed by atoms with E-state index in [0.717, 1.165) is 0 Å². The van der Waals surface area contributed by atoms with Crippen LogP contribution in [0.25, 0.3) is 0 Å². The molecular weight excluding hydrogens is 377 g/mol. The normalized spacial score (nSPS) is 21.9. The third kappa shape index (κ3) is 4.20. The number of sulfone groups is 1. The highest BCUT2D eigenvalue weighted by molar-refractivity contribution is 7.91. The van der Waals surface area contributed by atoms with Crippen molar-refractivity contribution in [2.45, 2.75) is 25.3 Å². The second-order valence-corrected chi connectivity index (χ2v) is 9.12. The van der Waals surface area contributed by atoms with E-state index in [1.165, 1.54) is 25.1 Å². The fourth-order valence-corrected chi connectivity index (χ4v) is 4.84. The number of nitrogens with one attached hydrogen (secondary N) is 1. The molecule has 0 bridgehead atoms. The van der Waals surface area contributed by atoms with Gasteiger partial charge in [-0.15, -0.1) is 0 Å². The average Bonchev–Trinajstić information content (AvgIpc) is 2.80. The average molecular weight is 394 g/mol. The molecule has 1 aliphatic rings. The zero-order valence-electron chi connectivity index (χ0n) is 12.9. The zero-order valence-corrected chi connectivity index (χ0v) is 15.2. The van der Waals surface area contributed by atoms with Gasteiger partial charge in [0.15, 0.2) is 15.4 Å². The predicted molar refractivity (Wildman–Crippen MR) is 91.0 cm³/mol. The van der Waals surface area contributed by atoms with Crippen molar-refractivity contribution in [1.82, 2.24) is 5.32 Å². The van der Waals surface area contributed by atoms with Crippen molar-refractivity contribution < 1.29 is 23.1 Å². The van der Waals surface area contributed by atoms with Crippen LogP contribution in [0.3, 0.4) is 0 Å². The van der Waals surface area contributed by atoms with E-state index in [4.69, 9.17) is 23.2 Å². The molecule has 1 aromatic carbocycles. The summed E-state index contributed by atoms with van der Waals surface area (Å²) in [7, 11) is -3.09. The maximum atomic E-state index is 12.2. The summed E-state index contributed by atoms with van der Waals surface area (Å²) in [6, 6.07) is 4.32. The van der Waals surface area contributed by atoms with E-state index >= 15 is 0 Å². The number of hydrogen-bond acceptors (Lipinski definition) is 4. The lowest BCUT2D eigenvalue weighted by Gasteiger charge is -2.27. The minimum atomic E-state index is -3.09. The Morgan fingerprint density at radius 3 is 2.50 bits per heavy atom. The van der Waals surface area contributed by atoms with E-state index in [2.05, 4.69) is 5.32 Å². The molecule has 1 amide bonds. The summed E-state index contributed by atoms with van der Waals surface area (Å²) in [6.07, 6.45) is 0.371. The lowest BCUT2D eigenvalue weighted by Crippen LogP contribution is -2.50. The van der Waals surface area contributed by atoms with Crippen molar-refractivity contribution in [3.63, 3.8) is 0 Å². The molecule has 0 aliphatic carbocycles. The fraction of sp³-hybridized carbons (Fsp3) is 0.467. The Labute approximate surface area is 150 Å². The molecule has 0 radical (unpaired) electrons. The maximum Gasteiger partial charge on any atom is 0.333 e. The molecule has 2 rings (SSSR count). The molecule has 9 heteroatoms. The lowest BCUT2D eigenvalue weighted by molar-refractivity contribution is -0.147. The second-order valence-electron chi connectivity index (χ2n) is 6.08. The van der Waals surface area contributed by atoms with Gasteiger partial charge in [0, 0.05) is 6.42 Å². The summed E-state index contributed by atoms with van der Waals surface area (Å²) in [5, 5.41) is 12.5. The third-order valence-corrected chi connectivity index (χ3v) is 6.69. The molecule has 0 saturated carbocycles. The van der Waals surface area contributed by atoms with Gasteiger partial charge in [-0.3, -0.25) is 4.79 Å². The first-order valence-corrected chi connectivity index (χ1v) is 9.81. The highest BCUT2D eigenvalue weighted by Gasteiger charge is 2.38. The molecule has 1 fully saturated rings. The number of carbonyl (C=O) groups excluding carboxylic acids is 1. The monoisotopic (exact) mass is 393 g/mol. The van der Waals surface area contributed by atoms with E-state index < -0.39 is 27.3 Å². The molecule has 0 aromatic heterocycles. The largest absolute Gasteiger partial charge is 0.479 e. The van der Waals surface area contributed by atoms with Gasteiger partial charge in [-0.05, 0) is 37.0 Å².